The average Bonchev–Trinajstić information content (AvgIpc) is 2.70. The fraction of sp³-hybridized carbons (Fsp3) is 0.444. The molecule has 0 aromatic heterocycles. The molecule has 0 radical (unpaired) electrons. The maximum Gasteiger partial charge on any atom is 0.326 e. The molecule has 0 aliphatic rings. The predicted octanol–water partition coefficient (Wildman–Crippen LogP) is -2.95. The number of nitrogens with two attached hydrogens (primary N) is 1. The van der Waals surface area contributed by atoms with Gasteiger partial charge < -0.3 is 31.7 Å². The molecule has 0 heterocycles. The highest BCUT2D eigenvalue weighted by molar-refractivity contribution is 7.89. The number of benzene rings is 1. The maximum atomic E-state index is 12.7. The molecule has 33 heavy (non-hydrogen) atoms. The summed E-state index contributed by atoms with van der Waals surface area (Å²) < 4.78 is 22.2. The van der Waals surface area contributed by atoms with Crippen LogP contribution in [0.2, 0.25) is 0 Å². The summed E-state index contributed by atoms with van der Waals surface area (Å²) in [6.07, 6.45) is -1.09. The number of thiol groups is 1. The minimum absolute atomic E-state index is 0.0404. The van der Waals surface area contributed by atoms with Crippen LogP contribution in [0.25, 0.3) is 0 Å². The molecule has 0 spiro atoms. The Kier molecular flexibility index (Phi) is 10.6. The third-order valence-electron chi connectivity index (χ3n) is 4.49. The molecule has 0 fully saturated rings. The van der Waals surface area contributed by atoms with E-state index in [0.717, 1.165) is 0 Å². The molecular formula is C18H27N4O9S2+. The van der Waals surface area contributed by atoms with Crippen LogP contribution in [0.4, 0.5) is 0 Å². The van der Waals surface area contributed by atoms with Gasteiger partial charge in [-0.3, -0.25) is 14.4 Å². The van der Waals surface area contributed by atoms with Crippen molar-refractivity contribution in [3.05, 3.63) is 29.8 Å². The quantitative estimate of drug-likeness (QED) is 0.127. The molecule has 13 nitrogen and oxygen atoms in total. The number of amides is 2. The number of phenolic OH excluding ortho intramolecular Hbond substituents is 1. The number of carbonyl (C=O) groups is 4. The van der Waals surface area contributed by atoms with Crippen LogP contribution in [0.3, 0.4) is 0 Å². The molecule has 0 saturated carbocycles. The lowest BCUT2D eigenvalue weighted by Gasteiger charge is -2.23. The molecule has 4 atom stereocenters. The minimum atomic E-state index is -3.78. The Morgan fingerprint density at radius 2 is 1.58 bits per heavy atom. The number of aromatic hydroxyl groups is 1. The fourth-order valence-electron chi connectivity index (χ4n) is 2.67. The zero-order valence-corrected chi connectivity index (χ0v) is 19.1. The van der Waals surface area contributed by atoms with Crippen molar-refractivity contribution in [2.24, 2.45) is 5.14 Å². The number of sulfonamides is 1. The second-order valence-electron chi connectivity index (χ2n) is 7.29. The summed E-state index contributed by atoms with van der Waals surface area (Å²) in [7, 11) is -3.78. The van der Waals surface area contributed by atoms with Gasteiger partial charge in [-0.2, -0.15) is 12.6 Å². The molecule has 1 rings (SSSR count). The number of nitrogens with one attached hydrogen (secondary N) is 2. The molecule has 184 valence electrons. The molecule has 2 unspecified atom stereocenters. The van der Waals surface area contributed by atoms with Crippen LogP contribution in [0.1, 0.15) is 18.4 Å². The SMILES string of the molecule is NS(=O)(=O)CCC([NH3+])C(S)C(=O)N[C@@H](Cc1ccc(O)cc1)C(=O)N[C@@H](CC(=O)O)C(=O)O. The predicted molar refractivity (Wildman–Crippen MR) is 118 cm³/mol. The van der Waals surface area contributed by atoms with Gasteiger partial charge in [-0.25, -0.2) is 18.4 Å². The Hall–Kier alpha value is -2.88. The molecule has 2 amide bonds. The van der Waals surface area contributed by atoms with Crippen molar-refractivity contribution in [1.82, 2.24) is 10.6 Å². The number of rotatable bonds is 13. The Morgan fingerprint density at radius 3 is 2.06 bits per heavy atom. The standard InChI is InChI=1S/C18H26N4O9S2/c19-11(5-6-33(20,30)31)15(32)17(27)21-12(7-9-1-3-10(23)4-2-9)16(26)22-13(18(28)29)8-14(24)25/h1-4,11-13,15,23,32H,5-8,19H2,(H,21,27)(H,22,26)(H,24,25)(H,28,29)(H2,20,30,31)/p+1/t11?,12-,13-,15?/m0/s1. The zero-order valence-electron chi connectivity index (χ0n) is 17.4. The summed E-state index contributed by atoms with van der Waals surface area (Å²) in [5.74, 6) is -5.24. The average molecular weight is 508 g/mol. The van der Waals surface area contributed by atoms with E-state index in [9.17, 15) is 32.7 Å². The molecule has 15 heteroatoms. The molecule has 1 aromatic carbocycles. The number of carboxylic acids is 2. The summed E-state index contributed by atoms with van der Waals surface area (Å²) in [4.78, 5) is 47.5. The third-order valence-corrected chi connectivity index (χ3v) is 5.95. The molecule has 10 N–H and O–H groups in total. The van der Waals surface area contributed by atoms with E-state index in [1.54, 1.807) is 0 Å². The molecule has 0 saturated heterocycles. The van der Waals surface area contributed by atoms with E-state index in [1.165, 1.54) is 24.3 Å². The zero-order chi connectivity index (χ0) is 25.3. The highest BCUT2D eigenvalue weighted by Crippen LogP contribution is 2.13. The first-order valence-corrected chi connectivity index (χ1v) is 11.8. The number of carboxylic acid groups (broad SMARTS) is 2. The van der Waals surface area contributed by atoms with E-state index in [0.29, 0.717) is 5.56 Å². The van der Waals surface area contributed by atoms with Crippen molar-refractivity contribution < 1.29 is 48.6 Å². The lowest BCUT2D eigenvalue weighted by molar-refractivity contribution is -0.416. The number of hydrogen-bond acceptors (Lipinski definition) is 8. The van der Waals surface area contributed by atoms with Crippen LogP contribution >= 0.6 is 12.6 Å². The number of primary sulfonamides is 1. The summed E-state index contributed by atoms with van der Waals surface area (Å²) >= 11 is 4.13. The van der Waals surface area contributed by atoms with Crippen LogP contribution in [-0.4, -0.2) is 76.6 Å². The van der Waals surface area contributed by atoms with Gasteiger partial charge in [-0.1, -0.05) is 12.1 Å². The first-order valence-electron chi connectivity index (χ1n) is 9.54. The van der Waals surface area contributed by atoms with Crippen LogP contribution < -0.4 is 21.5 Å². The summed E-state index contributed by atoms with van der Waals surface area (Å²) in [6.45, 7) is 0. The highest BCUT2D eigenvalue weighted by Gasteiger charge is 2.32. The highest BCUT2D eigenvalue weighted by atomic mass is 32.2. The van der Waals surface area contributed by atoms with E-state index in [2.05, 4.69) is 29.0 Å². The summed E-state index contributed by atoms with van der Waals surface area (Å²) in [5, 5.41) is 35.7. The molecule has 0 aliphatic heterocycles. The van der Waals surface area contributed by atoms with Gasteiger partial charge in [0, 0.05) is 12.8 Å². The lowest BCUT2D eigenvalue weighted by atomic mass is 10.0. The van der Waals surface area contributed by atoms with Crippen LogP contribution in [0.15, 0.2) is 24.3 Å². The van der Waals surface area contributed by atoms with Crippen molar-refractivity contribution in [3.63, 3.8) is 0 Å². The first kappa shape index (κ1) is 28.2. The second-order valence-corrected chi connectivity index (χ2v) is 9.58. The first-order chi connectivity index (χ1) is 15.2. The smallest absolute Gasteiger partial charge is 0.326 e. The molecule has 0 bridgehead atoms. The largest absolute Gasteiger partial charge is 0.508 e. The summed E-state index contributed by atoms with van der Waals surface area (Å²) in [6, 6.07) is 1.77. The van der Waals surface area contributed by atoms with Gasteiger partial charge in [0.05, 0.1) is 12.2 Å². The Morgan fingerprint density at radius 1 is 1.03 bits per heavy atom. The van der Waals surface area contributed by atoms with Crippen molar-refractivity contribution in [1.29, 1.82) is 0 Å². The Balaban J connectivity index is 3.02. The Labute approximate surface area is 195 Å². The van der Waals surface area contributed by atoms with E-state index < -0.39 is 69.3 Å². The van der Waals surface area contributed by atoms with Gasteiger partial charge in [-0.05, 0) is 17.7 Å². The molecule has 0 aliphatic carbocycles. The van der Waals surface area contributed by atoms with E-state index >= 15 is 0 Å². The van der Waals surface area contributed by atoms with Gasteiger partial charge in [0.15, 0.2) is 0 Å². The van der Waals surface area contributed by atoms with Gasteiger partial charge in [0.25, 0.3) is 0 Å². The van der Waals surface area contributed by atoms with Crippen molar-refractivity contribution in [2.75, 3.05) is 5.75 Å². The van der Waals surface area contributed by atoms with Crippen molar-refractivity contribution in [2.45, 2.75) is 42.6 Å². The number of hydrogen-bond donors (Lipinski definition) is 8. The van der Waals surface area contributed by atoms with Crippen LogP contribution in [-0.2, 0) is 35.6 Å². The normalized spacial score (nSPS) is 15.0. The van der Waals surface area contributed by atoms with Crippen LogP contribution in [0, 0.1) is 0 Å². The number of phenols is 1. The van der Waals surface area contributed by atoms with E-state index in [4.69, 9.17) is 15.4 Å². The fourth-order valence-corrected chi connectivity index (χ4v) is 3.52. The van der Waals surface area contributed by atoms with Gasteiger partial charge >= 0.3 is 11.9 Å². The van der Waals surface area contributed by atoms with Gasteiger partial charge in [-0.15, -0.1) is 0 Å². The van der Waals surface area contributed by atoms with Gasteiger partial charge in [0.1, 0.15) is 29.1 Å². The number of aliphatic carboxylic acids is 2. The molecular weight excluding hydrogens is 480 g/mol. The third kappa shape index (κ3) is 10.5. The van der Waals surface area contributed by atoms with E-state index in [-0.39, 0.29) is 18.6 Å². The lowest BCUT2D eigenvalue weighted by Crippen LogP contribution is -2.68. The molecule has 1 aromatic rings. The van der Waals surface area contributed by atoms with Crippen molar-refractivity contribution in [3.8, 4) is 5.75 Å². The maximum absolute atomic E-state index is 12.7. The van der Waals surface area contributed by atoms with Crippen LogP contribution in [0.5, 0.6) is 5.75 Å². The second kappa shape index (κ2) is 12.4. The number of quaternary nitrogens is 1. The Bertz CT molecular complexity index is 970. The monoisotopic (exact) mass is 507 g/mol. The minimum Gasteiger partial charge on any atom is -0.508 e. The number of carbonyl (C=O) groups excluding carboxylic acids is 2. The van der Waals surface area contributed by atoms with Gasteiger partial charge in [0.2, 0.25) is 21.8 Å². The summed E-state index contributed by atoms with van der Waals surface area (Å²) in [5.41, 5.74) is 4.18. The topological polar surface area (TPSA) is 241 Å². The van der Waals surface area contributed by atoms with E-state index in [1.807, 2.05) is 0 Å². The van der Waals surface area contributed by atoms with Crippen molar-refractivity contribution >= 4 is 46.4 Å².